The second kappa shape index (κ2) is 8.39. The van der Waals surface area contributed by atoms with Gasteiger partial charge >= 0.3 is 5.97 Å². The van der Waals surface area contributed by atoms with Crippen molar-refractivity contribution >= 4 is 51.1 Å². The summed E-state index contributed by atoms with van der Waals surface area (Å²) in [5.41, 5.74) is 1.72. The van der Waals surface area contributed by atoms with E-state index in [0.717, 1.165) is 14.9 Å². The van der Waals surface area contributed by atoms with Crippen molar-refractivity contribution < 1.29 is 28.4 Å². The molecule has 0 bridgehead atoms. The van der Waals surface area contributed by atoms with Gasteiger partial charge < -0.3 is 14.6 Å². The molecule has 3 aromatic rings. The number of carbonyl (C=O) groups excluding carboxylic acids is 4. The molecule has 0 radical (unpaired) electrons. The zero-order valence-electron chi connectivity index (χ0n) is 17.0. The minimum atomic E-state index is -0.800. The fraction of sp³-hybridized carbons (Fsp3) is 0.136. The van der Waals surface area contributed by atoms with Crippen molar-refractivity contribution in [1.82, 2.24) is 5.16 Å². The molecule has 10 heteroatoms. The second-order valence-corrected chi connectivity index (χ2v) is 7.94. The van der Waals surface area contributed by atoms with E-state index in [1.165, 1.54) is 24.3 Å². The van der Waals surface area contributed by atoms with Crippen molar-refractivity contribution in [1.29, 1.82) is 0 Å². The molecule has 0 saturated heterocycles. The number of carbonyl (C=O) groups is 4. The lowest BCUT2D eigenvalue weighted by Gasteiger charge is -2.08. The van der Waals surface area contributed by atoms with Gasteiger partial charge in [0.1, 0.15) is 5.76 Å². The molecule has 0 unspecified atom stereocenters. The van der Waals surface area contributed by atoms with Crippen LogP contribution in [-0.2, 0) is 9.53 Å². The number of rotatable bonds is 5. The maximum absolute atomic E-state index is 12.7. The number of halogens is 1. The van der Waals surface area contributed by atoms with Crippen molar-refractivity contribution in [2.24, 2.45) is 0 Å². The molecule has 1 aliphatic rings. The third-order valence-corrected chi connectivity index (χ3v) is 5.63. The molecule has 1 N–H and O–H groups in total. The lowest BCUT2D eigenvalue weighted by molar-refractivity contribution is -0.119. The van der Waals surface area contributed by atoms with Crippen LogP contribution in [0.15, 0.2) is 51.5 Å². The van der Waals surface area contributed by atoms with Crippen molar-refractivity contribution in [2.75, 3.05) is 16.8 Å². The predicted molar refractivity (Wildman–Crippen MR) is 117 cm³/mol. The third kappa shape index (κ3) is 4.04. The van der Waals surface area contributed by atoms with Gasteiger partial charge in [-0.3, -0.25) is 14.4 Å². The van der Waals surface area contributed by atoms with Crippen LogP contribution in [0.2, 0.25) is 0 Å². The Kier molecular flexibility index (Phi) is 5.62. The molecule has 162 valence electrons. The molecule has 9 nitrogen and oxygen atoms in total. The van der Waals surface area contributed by atoms with E-state index < -0.39 is 30.3 Å². The Labute approximate surface area is 190 Å². The van der Waals surface area contributed by atoms with Crippen LogP contribution in [0.3, 0.4) is 0 Å². The third-order valence-electron chi connectivity index (χ3n) is 4.74. The molecular weight excluding hydrogens is 482 g/mol. The number of aryl methyl sites for hydroxylation is 2. The van der Waals surface area contributed by atoms with Crippen molar-refractivity contribution in [3.63, 3.8) is 0 Å². The van der Waals surface area contributed by atoms with Crippen molar-refractivity contribution in [3.8, 4) is 0 Å². The summed E-state index contributed by atoms with van der Waals surface area (Å²) in [7, 11) is 0. The molecular formula is C22H16BrN3O6. The maximum Gasteiger partial charge on any atom is 0.338 e. The number of fused-ring (bicyclic) bond motifs is 1. The molecule has 2 aromatic carbocycles. The Morgan fingerprint density at radius 1 is 1.06 bits per heavy atom. The van der Waals surface area contributed by atoms with Crippen molar-refractivity contribution in [2.45, 2.75) is 13.8 Å². The van der Waals surface area contributed by atoms with Crippen LogP contribution in [0.1, 0.15) is 42.4 Å². The second-order valence-electron chi connectivity index (χ2n) is 7.09. The lowest BCUT2D eigenvalue weighted by Crippen LogP contribution is -2.29. The van der Waals surface area contributed by atoms with Crippen LogP contribution in [0, 0.1) is 13.8 Å². The summed E-state index contributed by atoms with van der Waals surface area (Å²) in [6.07, 6.45) is 0. The first kappa shape index (κ1) is 21.4. The van der Waals surface area contributed by atoms with Gasteiger partial charge in [0.25, 0.3) is 17.7 Å². The van der Waals surface area contributed by atoms with E-state index in [1.54, 1.807) is 25.1 Å². The Morgan fingerprint density at radius 2 is 1.81 bits per heavy atom. The highest BCUT2D eigenvalue weighted by Crippen LogP contribution is 2.29. The Balaban J connectivity index is 1.43. The largest absolute Gasteiger partial charge is 0.452 e. The summed E-state index contributed by atoms with van der Waals surface area (Å²) in [5, 5.41) is 6.34. The smallest absolute Gasteiger partial charge is 0.338 e. The number of imide groups is 1. The number of amides is 3. The van der Waals surface area contributed by atoms with Crippen LogP contribution in [0.25, 0.3) is 0 Å². The van der Waals surface area contributed by atoms with Crippen LogP contribution in [-0.4, -0.2) is 35.5 Å². The van der Waals surface area contributed by atoms with Gasteiger partial charge in [0, 0.05) is 16.2 Å². The molecule has 2 heterocycles. The molecule has 1 aliphatic heterocycles. The number of ether oxygens (including phenoxy) is 1. The van der Waals surface area contributed by atoms with Crippen LogP contribution in [0.4, 0.5) is 11.5 Å². The highest BCUT2D eigenvalue weighted by atomic mass is 79.9. The summed E-state index contributed by atoms with van der Waals surface area (Å²) in [6, 6.07) is 10.7. The van der Waals surface area contributed by atoms with Crippen LogP contribution in [0.5, 0.6) is 0 Å². The minimum Gasteiger partial charge on any atom is -0.452 e. The van der Waals surface area contributed by atoms with Gasteiger partial charge in [-0.05, 0) is 55.8 Å². The Bertz CT molecular complexity index is 1280. The number of nitrogens with zero attached hydrogens (tertiary/aromatic N) is 2. The van der Waals surface area contributed by atoms with Gasteiger partial charge in [-0.15, -0.1) is 0 Å². The summed E-state index contributed by atoms with van der Waals surface area (Å²) >= 11 is 3.38. The topological polar surface area (TPSA) is 119 Å². The molecule has 0 saturated carbocycles. The van der Waals surface area contributed by atoms with Crippen molar-refractivity contribution in [3.05, 3.63) is 75.0 Å². The Hall–Kier alpha value is -3.79. The number of aromatic nitrogens is 1. The highest BCUT2D eigenvalue weighted by Gasteiger charge is 2.38. The summed E-state index contributed by atoms with van der Waals surface area (Å²) in [6.45, 7) is 3.00. The molecule has 3 amide bonds. The van der Waals surface area contributed by atoms with E-state index in [4.69, 9.17) is 9.26 Å². The van der Waals surface area contributed by atoms with E-state index in [1.807, 2.05) is 6.92 Å². The number of benzene rings is 2. The molecule has 32 heavy (non-hydrogen) atoms. The number of anilines is 2. The van der Waals surface area contributed by atoms with E-state index >= 15 is 0 Å². The lowest BCUT2D eigenvalue weighted by atomic mass is 10.1. The molecule has 1 aromatic heterocycles. The summed E-state index contributed by atoms with van der Waals surface area (Å²) in [4.78, 5) is 50.7. The normalized spacial score (nSPS) is 12.7. The van der Waals surface area contributed by atoms with E-state index in [9.17, 15) is 19.2 Å². The van der Waals surface area contributed by atoms with Crippen LogP contribution >= 0.6 is 15.9 Å². The zero-order chi connectivity index (χ0) is 23.0. The highest BCUT2D eigenvalue weighted by molar-refractivity contribution is 9.10. The van der Waals surface area contributed by atoms with Gasteiger partial charge in [0.15, 0.2) is 12.4 Å². The van der Waals surface area contributed by atoms with Gasteiger partial charge in [-0.25, -0.2) is 9.69 Å². The fourth-order valence-electron chi connectivity index (χ4n) is 3.17. The van der Waals surface area contributed by atoms with Crippen LogP contribution < -0.4 is 10.2 Å². The maximum atomic E-state index is 12.7. The average molecular weight is 498 g/mol. The first-order chi connectivity index (χ1) is 15.2. The standard InChI is InChI=1S/C22H16BrN3O6/c1-11-7-14(4-6-17(11)23)24-19(27)10-31-22(30)13-3-5-15-16(9-13)21(29)26(20(15)28)18-8-12(2)32-25-18/h3-9H,10H2,1-2H3,(H,24,27). The SMILES string of the molecule is Cc1cc(N2C(=O)c3ccc(C(=O)OCC(=O)Nc4ccc(Br)c(C)c4)cc3C2=O)no1. The molecule has 4 rings (SSSR count). The number of nitrogens with one attached hydrogen (secondary N) is 1. The summed E-state index contributed by atoms with van der Waals surface area (Å²) < 4.78 is 10.9. The van der Waals surface area contributed by atoms with Gasteiger partial charge in [-0.1, -0.05) is 21.1 Å². The van der Waals surface area contributed by atoms with Gasteiger partial charge in [-0.2, -0.15) is 0 Å². The monoisotopic (exact) mass is 497 g/mol. The van der Waals surface area contributed by atoms with E-state index in [0.29, 0.717) is 11.4 Å². The molecule has 0 atom stereocenters. The first-order valence-electron chi connectivity index (χ1n) is 9.44. The van der Waals surface area contributed by atoms with Gasteiger partial charge in [0.05, 0.1) is 16.7 Å². The summed E-state index contributed by atoms with van der Waals surface area (Å²) in [5.74, 6) is -2.00. The fourth-order valence-corrected chi connectivity index (χ4v) is 3.42. The van der Waals surface area contributed by atoms with E-state index in [2.05, 4.69) is 26.4 Å². The quantitative estimate of drug-likeness (QED) is 0.421. The minimum absolute atomic E-state index is 0.0374. The predicted octanol–water partition coefficient (Wildman–Crippen LogP) is 3.65. The molecule has 0 aliphatic carbocycles. The Morgan fingerprint density at radius 3 is 2.50 bits per heavy atom. The number of hydrogen-bond acceptors (Lipinski definition) is 7. The number of esters is 1. The number of hydrogen-bond donors (Lipinski definition) is 1. The average Bonchev–Trinajstić information content (AvgIpc) is 3.29. The van der Waals surface area contributed by atoms with E-state index in [-0.39, 0.29) is 22.5 Å². The first-order valence-corrected chi connectivity index (χ1v) is 10.2. The zero-order valence-corrected chi connectivity index (χ0v) is 18.6. The van der Waals surface area contributed by atoms with Gasteiger partial charge in [0.2, 0.25) is 0 Å². The molecule has 0 fully saturated rings. The molecule has 0 spiro atoms.